The van der Waals surface area contributed by atoms with Crippen LogP contribution >= 0.6 is 22.9 Å². The van der Waals surface area contributed by atoms with E-state index in [1.54, 1.807) is 0 Å². The molecular weight excluding hydrogens is 450 g/mol. The van der Waals surface area contributed by atoms with Crippen LogP contribution < -0.4 is 5.43 Å². The Bertz CT molecular complexity index is 1330. The summed E-state index contributed by atoms with van der Waals surface area (Å²) in [5, 5.41) is 5.19. The van der Waals surface area contributed by atoms with Gasteiger partial charge in [0.1, 0.15) is 0 Å². The summed E-state index contributed by atoms with van der Waals surface area (Å²) in [6.07, 6.45) is 0.680. The summed E-state index contributed by atoms with van der Waals surface area (Å²) in [5.74, 6) is -0.269. The second kappa shape index (κ2) is 9.46. The number of amides is 1. The van der Waals surface area contributed by atoms with Crippen LogP contribution in [0.3, 0.4) is 0 Å². The predicted molar refractivity (Wildman–Crippen MR) is 140 cm³/mol. The van der Waals surface area contributed by atoms with Crippen molar-refractivity contribution in [3.05, 3.63) is 87.1 Å². The molecule has 2 heterocycles. The number of hydrogen-bond donors (Lipinski definition) is 1. The zero-order valence-electron chi connectivity index (χ0n) is 19.1. The van der Waals surface area contributed by atoms with E-state index in [0.29, 0.717) is 16.3 Å². The number of fused-ring (bicyclic) bond motifs is 1. The molecule has 1 N–H and O–H groups in total. The second-order valence-corrected chi connectivity index (χ2v) is 10.6. The first-order valence-electron chi connectivity index (χ1n) is 10.9. The average Bonchev–Trinajstić information content (AvgIpc) is 3.24. The molecule has 2 aromatic heterocycles. The molecule has 168 valence electrons. The summed E-state index contributed by atoms with van der Waals surface area (Å²) < 4.78 is 0.694. The zero-order valence-corrected chi connectivity index (χ0v) is 20.7. The number of benzene rings is 2. The molecular formula is C27H26ClN3OS. The van der Waals surface area contributed by atoms with Gasteiger partial charge in [0, 0.05) is 10.9 Å². The third-order valence-corrected chi connectivity index (χ3v) is 6.77. The van der Waals surface area contributed by atoms with Crippen molar-refractivity contribution >= 4 is 45.5 Å². The number of halogens is 1. The number of hydrogen-bond acceptors (Lipinski definition) is 4. The molecule has 2 aromatic carbocycles. The van der Waals surface area contributed by atoms with Crippen LogP contribution in [0.2, 0.25) is 4.34 Å². The summed E-state index contributed by atoms with van der Waals surface area (Å²) in [7, 11) is 0. The van der Waals surface area contributed by atoms with Gasteiger partial charge in [0.25, 0.3) is 5.91 Å². The van der Waals surface area contributed by atoms with Crippen molar-refractivity contribution in [2.24, 2.45) is 5.10 Å². The minimum absolute atomic E-state index is 0.0716. The third-order valence-electron chi connectivity index (χ3n) is 5.49. The third kappa shape index (κ3) is 5.15. The Balaban J connectivity index is 1.71. The van der Waals surface area contributed by atoms with Gasteiger partial charge in [0.05, 0.1) is 31.7 Å². The monoisotopic (exact) mass is 475 g/mol. The predicted octanol–water partition coefficient (Wildman–Crippen LogP) is 7.46. The molecule has 0 spiro atoms. The van der Waals surface area contributed by atoms with Gasteiger partial charge in [0.15, 0.2) is 0 Å². The molecule has 0 saturated carbocycles. The van der Waals surface area contributed by atoms with E-state index in [1.165, 1.54) is 16.9 Å². The Hall–Kier alpha value is -3.02. The quantitative estimate of drug-likeness (QED) is 0.240. The Morgan fingerprint density at radius 2 is 1.79 bits per heavy atom. The first-order valence-corrected chi connectivity index (χ1v) is 12.1. The molecule has 33 heavy (non-hydrogen) atoms. The van der Waals surface area contributed by atoms with Gasteiger partial charge in [-0.1, -0.05) is 81.8 Å². The first-order chi connectivity index (χ1) is 15.8. The van der Waals surface area contributed by atoms with Gasteiger partial charge in [-0.2, -0.15) is 5.10 Å². The number of pyridine rings is 1. The van der Waals surface area contributed by atoms with Gasteiger partial charge in [-0.25, -0.2) is 10.4 Å². The number of aromatic nitrogens is 1. The largest absolute Gasteiger partial charge is 0.272 e. The molecule has 0 saturated heterocycles. The normalized spacial score (nSPS) is 12.2. The second-order valence-electron chi connectivity index (χ2n) is 8.86. The van der Waals surface area contributed by atoms with Crippen LogP contribution in [-0.4, -0.2) is 16.6 Å². The van der Waals surface area contributed by atoms with Gasteiger partial charge in [-0.05, 0) is 41.7 Å². The number of carbonyl (C=O) groups excluding carboxylic acids is 1. The highest BCUT2D eigenvalue weighted by Crippen LogP contribution is 2.28. The van der Waals surface area contributed by atoms with Gasteiger partial charge < -0.3 is 0 Å². The van der Waals surface area contributed by atoms with Crippen molar-refractivity contribution in [1.82, 2.24) is 10.4 Å². The molecule has 0 aliphatic rings. The highest BCUT2D eigenvalue weighted by Gasteiger charge is 2.16. The Kier molecular flexibility index (Phi) is 6.63. The summed E-state index contributed by atoms with van der Waals surface area (Å²) in [5.41, 5.74) is 7.88. The fraction of sp³-hybridized carbons (Fsp3) is 0.222. The lowest BCUT2D eigenvalue weighted by atomic mass is 9.86. The van der Waals surface area contributed by atoms with E-state index in [0.717, 1.165) is 32.7 Å². The summed E-state index contributed by atoms with van der Waals surface area (Å²) >= 11 is 7.51. The van der Waals surface area contributed by atoms with Crippen molar-refractivity contribution < 1.29 is 4.79 Å². The molecule has 0 aliphatic heterocycles. The maximum absolute atomic E-state index is 13.2. The van der Waals surface area contributed by atoms with Gasteiger partial charge >= 0.3 is 0 Å². The number of carbonyl (C=O) groups is 1. The maximum Gasteiger partial charge on any atom is 0.272 e. The van der Waals surface area contributed by atoms with E-state index in [2.05, 4.69) is 55.6 Å². The molecule has 0 fully saturated rings. The Labute approximate surface area is 203 Å². The van der Waals surface area contributed by atoms with Crippen molar-refractivity contribution in [2.75, 3.05) is 0 Å². The van der Waals surface area contributed by atoms with Crippen molar-refractivity contribution in [3.63, 3.8) is 0 Å². The molecule has 0 aliphatic carbocycles. The fourth-order valence-electron chi connectivity index (χ4n) is 3.61. The molecule has 0 unspecified atom stereocenters. The highest BCUT2D eigenvalue weighted by molar-refractivity contribution is 7.18. The summed E-state index contributed by atoms with van der Waals surface area (Å²) in [4.78, 5) is 19.0. The van der Waals surface area contributed by atoms with E-state index >= 15 is 0 Å². The SMILES string of the molecule is CC/C(=N/NC(=O)c1cc(-c2ccc(C(C)(C)C)cc2)nc2ccccc12)c1ccc(Cl)s1. The molecule has 4 nitrogen and oxygen atoms in total. The minimum Gasteiger partial charge on any atom is -0.267 e. The van der Waals surface area contributed by atoms with Crippen LogP contribution in [0, 0.1) is 0 Å². The van der Waals surface area contributed by atoms with Crippen molar-refractivity contribution in [2.45, 2.75) is 39.5 Å². The lowest BCUT2D eigenvalue weighted by Gasteiger charge is -2.19. The zero-order chi connectivity index (χ0) is 23.6. The van der Waals surface area contributed by atoms with Gasteiger partial charge in [0.2, 0.25) is 0 Å². The lowest BCUT2D eigenvalue weighted by molar-refractivity contribution is 0.0956. The molecule has 4 rings (SSSR count). The molecule has 0 atom stereocenters. The fourth-order valence-corrected chi connectivity index (χ4v) is 4.71. The number of nitrogens with one attached hydrogen (secondary N) is 1. The smallest absolute Gasteiger partial charge is 0.267 e. The number of hydrazone groups is 1. The van der Waals surface area contributed by atoms with Crippen molar-refractivity contribution in [3.8, 4) is 11.3 Å². The number of rotatable bonds is 5. The van der Waals surface area contributed by atoms with Gasteiger partial charge in [-0.15, -0.1) is 11.3 Å². The topological polar surface area (TPSA) is 54.4 Å². The lowest BCUT2D eigenvalue weighted by Crippen LogP contribution is -2.20. The number of para-hydroxylation sites is 1. The van der Waals surface area contributed by atoms with Crippen LogP contribution in [0.4, 0.5) is 0 Å². The van der Waals surface area contributed by atoms with Crippen LogP contribution in [-0.2, 0) is 5.41 Å². The molecule has 0 bridgehead atoms. The van der Waals surface area contributed by atoms with E-state index in [4.69, 9.17) is 16.6 Å². The van der Waals surface area contributed by atoms with E-state index in [1.807, 2.05) is 49.4 Å². The summed E-state index contributed by atoms with van der Waals surface area (Å²) in [6, 6.07) is 21.6. The maximum atomic E-state index is 13.2. The van der Waals surface area contributed by atoms with E-state index in [-0.39, 0.29) is 11.3 Å². The van der Waals surface area contributed by atoms with Crippen molar-refractivity contribution in [1.29, 1.82) is 0 Å². The van der Waals surface area contributed by atoms with E-state index < -0.39 is 0 Å². The number of nitrogens with zero attached hydrogens (tertiary/aromatic N) is 2. The van der Waals surface area contributed by atoms with Gasteiger partial charge in [-0.3, -0.25) is 4.79 Å². The van der Waals surface area contributed by atoms with Crippen LogP contribution in [0.5, 0.6) is 0 Å². The number of thiophene rings is 1. The molecule has 4 aromatic rings. The molecule has 6 heteroatoms. The van der Waals surface area contributed by atoms with Crippen LogP contribution in [0.25, 0.3) is 22.2 Å². The Morgan fingerprint density at radius 1 is 1.06 bits per heavy atom. The standard InChI is InChI=1S/C27H26ClN3OS/c1-5-21(24-14-15-25(28)33-24)30-31-26(32)20-16-23(29-22-9-7-6-8-19(20)22)17-10-12-18(13-11-17)27(2,3)4/h6-16H,5H2,1-4H3,(H,31,32)/b30-21-. The van der Waals surface area contributed by atoms with E-state index in [9.17, 15) is 4.79 Å². The first kappa shape index (κ1) is 23.1. The van der Waals surface area contributed by atoms with Crippen LogP contribution in [0.15, 0.2) is 71.8 Å². The molecule has 1 amide bonds. The Morgan fingerprint density at radius 3 is 2.42 bits per heavy atom. The highest BCUT2D eigenvalue weighted by atomic mass is 35.5. The minimum atomic E-state index is -0.269. The van der Waals surface area contributed by atoms with Crippen LogP contribution in [0.1, 0.15) is 54.9 Å². The molecule has 0 radical (unpaired) electrons. The summed E-state index contributed by atoms with van der Waals surface area (Å²) in [6.45, 7) is 8.57. The average molecular weight is 476 g/mol.